The summed E-state index contributed by atoms with van der Waals surface area (Å²) in [6.45, 7) is 0.854. The standard InChI is InChI=1S/C15H20O7/c1-9(17)21-14-13(12(18)11(7-16)22-15(14)19)20-8-10-5-3-2-4-6-10/h2-6,11-16,18-19H,7-8H2,1H3. The van der Waals surface area contributed by atoms with E-state index in [1.807, 2.05) is 30.3 Å². The summed E-state index contributed by atoms with van der Waals surface area (Å²) in [6.07, 6.45) is -5.90. The first-order chi connectivity index (χ1) is 10.5. The van der Waals surface area contributed by atoms with Crippen LogP contribution in [0.4, 0.5) is 0 Å². The van der Waals surface area contributed by atoms with Crippen LogP contribution in [-0.4, -0.2) is 58.6 Å². The number of esters is 1. The molecule has 122 valence electrons. The molecular weight excluding hydrogens is 292 g/mol. The smallest absolute Gasteiger partial charge is 0.303 e. The average Bonchev–Trinajstić information content (AvgIpc) is 2.50. The van der Waals surface area contributed by atoms with Crippen molar-refractivity contribution in [3.63, 3.8) is 0 Å². The van der Waals surface area contributed by atoms with E-state index in [9.17, 15) is 20.1 Å². The Hall–Kier alpha value is -1.51. The Morgan fingerprint density at radius 2 is 1.91 bits per heavy atom. The van der Waals surface area contributed by atoms with Crippen LogP contribution >= 0.6 is 0 Å². The molecule has 2 rings (SSSR count). The Kier molecular flexibility index (Phi) is 5.87. The van der Waals surface area contributed by atoms with E-state index < -0.39 is 43.3 Å². The van der Waals surface area contributed by atoms with Gasteiger partial charge in [0.05, 0.1) is 13.2 Å². The number of benzene rings is 1. The van der Waals surface area contributed by atoms with Crippen molar-refractivity contribution in [2.75, 3.05) is 6.61 Å². The van der Waals surface area contributed by atoms with E-state index in [-0.39, 0.29) is 6.61 Å². The van der Waals surface area contributed by atoms with E-state index in [2.05, 4.69) is 0 Å². The number of ether oxygens (including phenoxy) is 3. The van der Waals surface area contributed by atoms with E-state index in [0.29, 0.717) is 0 Å². The third-order valence-corrected chi connectivity index (χ3v) is 3.40. The topological polar surface area (TPSA) is 105 Å². The predicted octanol–water partition coefficient (Wildman–Crippen LogP) is -0.426. The van der Waals surface area contributed by atoms with Crippen LogP contribution in [0.3, 0.4) is 0 Å². The monoisotopic (exact) mass is 312 g/mol. The van der Waals surface area contributed by atoms with Crippen LogP contribution in [0.2, 0.25) is 0 Å². The van der Waals surface area contributed by atoms with Crippen molar-refractivity contribution >= 4 is 5.97 Å². The molecule has 1 aliphatic rings. The Bertz CT molecular complexity index is 478. The fourth-order valence-corrected chi connectivity index (χ4v) is 2.33. The first-order valence-corrected chi connectivity index (χ1v) is 6.98. The van der Waals surface area contributed by atoms with Gasteiger partial charge in [-0.1, -0.05) is 30.3 Å². The van der Waals surface area contributed by atoms with Crippen LogP contribution in [0.1, 0.15) is 12.5 Å². The minimum Gasteiger partial charge on any atom is -0.454 e. The molecule has 0 spiro atoms. The zero-order valence-corrected chi connectivity index (χ0v) is 12.2. The van der Waals surface area contributed by atoms with Gasteiger partial charge in [0, 0.05) is 6.92 Å². The number of rotatable bonds is 5. The number of aliphatic hydroxyl groups is 3. The molecule has 1 heterocycles. The molecule has 0 amide bonds. The lowest BCUT2D eigenvalue weighted by molar-refractivity contribution is -0.299. The Morgan fingerprint density at radius 1 is 1.23 bits per heavy atom. The number of carbonyl (C=O) groups excluding carboxylic acids is 1. The summed E-state index contributed by atoms with van der Waals surface area (Å²) >= 11 is 0. The molecule has 7 heteroatoms. The number of carbonyl (C=O) groups is 1. The predicted molar refractivity (Wildman–Crippen MR) is 74.5 cm³/mol. The minimum absolute atomic E-state index is 0.158. The molecule has 5 atom stereocenters. The maximum Gasteiger partial charge on any atom is 0.303 e. The van der Waals surface area contributed by atoms with E-state index in [1.165, 1.54) is 6.92 Å². The van der Waals surface area contributed by atoms with Crippen molar-refractivity contribution in [3.8, 4) is 0 Å². The molecule has 22 heavy (non-hydrogen) atoms. The Morgan fingerprint density at radius 3 is 2.50 bits per heavy atom. The van der Waals surface area contributed by atoms with Crippen LogP contribution in [0.25, 0.3) is 0 Å². The largest absolute Gasteiger partial charge is 0.454 e. The summed E-state index contributed by atoms with van der Waals surface area (Å²) in [5.74, 6) is -0.629. The summed E-state index contributed by atoms with van der Waals surface area (Å²) in [7, 11) is 0. The third kappa shape index (κ3) is 4.02. The first kappa shape index (κ1) is 16.9. The summed E-state index contributed by atoms with van der Waals surface area (Å²) in [5.41, 5.74) is 0.859. The van der Waals surface area contributed by atoms with Gasteiger partial charge < -0.3 is 29.5 Å². The third-order valence-electron chi connectivity index (χ3n) is 3.40. The molecule has 1 fully saturated rings. The highest BCUT2D eigenvalue weighted by molar-refractivity contribution is 5.66. The normalized spacial score (nSPS) is 31.7. The molecule has 1 aliphatic heterocycles. The van der Waals surface area contributed by atoms with Gasteiger partial charge in [0.25, 0.3) is 0 Å². The fourth-order valence-electron chi connectivity index (χ4n) is 2.33. The van der Waals surface area contributed by atoms with Crippen molar-refractivity contribution < 1.29 is 34.3 Å². The second kappa shape index (κ2) is 7.66. The molecule has 0 radical (unpaired) electrons. The van der Waals surface area contributed by atoms with Gasteiger partial charge in [-0.15, -0.1) is 0 Å². The van der Waals surface area contributed by atoms with E-state index in [1.54, 1.807) is 0 Å². The SMILES string of the molecule is CC(=O)OC1C(O)OC(CO)C(O)C1OCc1ccccc1. The van der Waals surface area contributed by atoms with Gasteiger partial charge in [0.2, 0.25) is 0 Å². The second-order valence-corrected chi connectivity index (χ2v) is 5.07. The maximum atomic E-state index is 11.2. The molecule has 1 aromatic rings. The summed E-state index contributed by atoms with van der Waals surface area (Å²) < 4.78 is 15.6. The van der Waals surface area contributed by atoms with Crippen LogP contribution in [-0.2, 0) is 25.6 Å². The lowest BCUT2D eigenvalue weighted by atomic mass is 9.98. The van der Waals surface area contributed by atoms with Gasteiger partial charge >= 0.3 is 5.97 Å². The van der Waals surface area contributed by atoms with Crippen LogP contribution in [0, 0.1) is 0 Å². The highest BCUT2D eigenvalue weighted by Crippen LogP contribution is 2.25. The lowest BCUT2D eigenvalue weighted by Gasteiger charge is -2.41. The van der Waals surface area contributed by atoms with Crippen molar-refractivity contribution in [3.05, 3.63) is 35.9 Å². The molecule has 3 N–H and O–H groups in total. The highest BCUT2D eigenvalue weighted by Gasteiger charge is 2.47. The maximum absolute atomic E-state index is 11.2. The van der Waals surface area contributed by atoms with Gasteiger partial charge in [-0.2, -0.15) is 0 Å². The number of hydrogen-bond donors (Lipinski definition) is 3. The van der Waals surface area contributed by atoms with Gasteiger partial charge in [0.15, 0.2) is 12.4 Å². The summed E-state index contributed by atoms with van der Waals surface area (Å²) in [6, 6.07) is 9.22. The molecule has 0 aliphatic carbocycles. The van der Waals surface area contributed by atoms with Crippen LogP contribution in [0.15, 0.2) is 30.3 Å². The Labute approximate surface area is 128 Å². The molecule has 0 aromatic heterocycles. The summed E-state index contributed by atoms with van der Waals surface area (Å²) in [4.78, 5) is 11.2. The van der Waals surface area contributed by atoms with Crippen molar-refractivity contribution in [1.82, 2.24) is 0 Å². The molecule has 7 nitrogen and oxygen atoms in total. The van der Waals surface area contributed by atoms with Gasteiger partial charge in [-0.25, -0.2) is 0 Å². The second-order valence-electron chi connectivity index (χ2n) is 5.07. The average molecular weight is 312 g/mol. The van der Waals surface area contributed by atoms with E-state index in [0.717, 1.165) is 5.56 Å². The van der Waals surface area contributed by atoms with Gasteiger partial charge in [-0.3, -0.25) is 4.79 Å². The quantitative estimate of drug-likeness (QED) is 0.634. The number of hydrogen-bond acceptors (Lipinski definition) is 7. The first-order valence-electron chi connectivity index (χ1n) is 6.98. The summed E-state index contributed by atoms with van der Waals surface area (Å²) in [5, 5.41) is 29.3. The molecule has 0 saturated carbocycles. The molecular formula is C15H20O7. The highest BCUT2D eigenvalue weighted by atomic mass is 16.7. The number of aliphatic hydroxyl groups excluding tert-OH is 3. The zero-order chi connectivity index (χ0) is 16.1. The van der Waals surface area contributed by atoms with Crippen molar-refractivity contribution in [1.29, 1.82) is 0 Å². The lowest BCUT2D eigenvalue weighted by Crippen LogP contribution is -2.60. The van der Waals surface area contributed by atoms with E-state index >= 15 is 0 Å². The van der Waals surface area contributed by atoms with Gasteiger partial charge in [0.1, 0.15) is 18.3 Å². The van der Waals surface area contributed by atoms with E-state index in [4.69, 9.17) is 14.2 Å². The minimum atomic E-state index is -1.48. The van der Waals surface area contributed by atoms with Crippen molar-refractivity contribution in [2.24, 2.45) is 0 Å². The van der Waals surface area contributed by atoms with Crippen LogP contribution < -0.4 is 0 Å². The molecule has 1 saturated heterocycles. The zero-order valence-electron chi connectivity index (χ0n) is 12.2. The van der Waals surface area contributed by atoms with Gasteiger partial charge in [-0.05, 0) is 5.56 Å². The molecule has 0 bridgehead atoms. The molecule has 1 aromatic carbocycles. The van der Waals surface area contributed by atoms with Crippen LogP contribution in [0.5, 0.6) is 0 Å². The van der Waals surface area contributed by atoms with Crippen molar-refractivity contribution in [2.45, 2.75) is 44.2 Å². The Balaban J connectivity index is 2.10. The fraction of sp³-hybridized carbons (Fsp3) is 0.533. The molecule has 5 unspecified atom stereocenters.